The summed E-state index contributed by atoms with van der Waals surface area (Å²) in [4.78, 5) is 0. The Labute approximate surface area is 183 Å². The van der Waals surface area contributed by atoms with Gasteiger partial charge in [-0.25, -0.2) is 0 Å². The molecule has 2 heteroatoms. The van der Waals surface area contributed by atoms with Crippen molar-refractivity contribution >= 4 is 0 Å². The average Bonchev–Trinajstić information content (AvgIpc) is 2.64. The maximum Gasteiger partial charge on any atom is 0.122 e. The van der Waals surface area contributed by atoms with E-state index in [1.807, 2.05) is 13.8 Å². The molecule has 0 amide bonds. The maximum absolute atomic E-state index is 10.6. The highest BCUT2D eigenvalue weighted by Gasteiger charge is 2.29. The number of phenols is 2. The van der Waals surface area contributed by atoms with Crippen LogP contribution in [0.4, 0.5) is 0 Å². The Morgan fingerprint density at radius 2 is 1.03 bits per heavy atom. The average molecular weight is 409 g/mol. The lowest BCUT2D eigenvalue weighted by Crippen LogP contribution is -2.17. The molecule has 0 spiro atoms. The van der Waals surface area contributed by atoms with Crippen molar-refractivity contribution in [3.63, 3.8) is 0 Å². The molecule has 164 valence electrons. The van der Waals surface area contributed by atoms with E-state index in [-0.39, 0.29) is 10.8 Å². The van der Waals surface area contributed by atoms with Gasteiger partial charge in [0.2, 0.25) is 0 Å². The summed E-state index contributed by atoms with van der Waals surface area (Å²) < 4.78 is 0. The second kappa shape index (κ2) is 7.94. The van der Waals surface area contributed by atoms with Crippen molar-refractivity contribution in [3.05, 3.63) is 57.6 Å². The molecule has 1 fully saturated rings. The van der Waals surface area contributed by atoms with Crippen molar-refractivity contribution in [1.29, 1.82) is 0 Å². The van der Waals surface area contributed by atoms with E-state index in [1.54, 1.807) is 0 Å². The first kappa shape index (κ1) is 22.7. The molecular weight excluding hydrogens is 368 g/mol. The lowest BCUT2D eigenvalue weighted by Gasteiger charge is -2.33. The first-order chi connectivity index (χ1) is 13.8. The largest absolute Gasteiger partial charge is 0.507 e. The summed E-state index contributed by atoms with van der Waals surface area (Å²) in [6.07, 6.45) is 4.74. The molecule has 0 heterocycles. The quantitative estimate of drug-likeness (QED) is 0.533. The molecule has 1 saturated carbocycles. The van der Waals surface area contributed by atoms with Crippen LogP contribution in [-0.4, -0.2) is 10.2 Å². The van der Waals surface area contributed by atoms with Crippen LogP contribution >= 0.6 is 0 Å². The SMILES string of the molecule is Cc1cc(C2CCCC(c3cc(C)c(O)c(C(C)(C)C)c3)C2)cc(C(C)(C)C)c1O. The summed E-state index contributed by atoms with van der Waals surface area (Å²) in [5.41, 5.74) is 6.65. The van der Waals surface area contributed by atoms with Gasteiger partial charge in [-0.2, -0.15) is 0 Å². The summed E-state index contributed by atoms with van der Waals surface area (Å²) in [5, 5.41) is 21.3. The Bertz CT molecular complexity index is 850. The van der Waals surface area contributed by atoms with Crippen LogP contribution < -0.4 is 0 Å². The van der Waals surface area contributed by atoms with E-state index in [0.29, 0.717) is 23.3 Å². The van der Waals surface area contributed by atoms with E-state index in [1.165, 1.54) is 30.4 Å². The van der Waals surface area contributed by atoms with Crippen LogP contribution in [0.3, 0.4) is 0 Å². The first-order valence-electron chi connectivity index (χ1n) is 11.5. The minimum atomic E-state index is -0.0748. The highest BCUT2D eigenvalue weighted by molar-refractivity contribution is 5.49. The summed E-state index contributed by atoms with van der Waals surface area (Å²) >= 11 is 0. The van der Waals surface area contributed by atoms with Gasteiger partial charge >= 0.3 is 0 Å². The third-order valence-corrected chi connectivity index (χ3v) is 6.88. The van der Waals surface area contributed by atoms with Gasteiger partial charge in [0.1, 0.15) is 11.5 Å². The zero-order chi connectivity index (χ0) is 22.4. The van der Waals surface area contributed by atoms with Crippen LogP contribution in [0.2, 0.25) is 0 Å². The fourth-order valence-corrected chi connectivity index (χ4v) is 5.03. The normalized spacial score (nSPS) is 20.4. The Kier molecular flexibility index (Phi) is 6.02. The Hall–Kier alpha value is -1.96. The molecule has 1 aliphatic rings. The molecule has 1 aliphatic carbocycles. The molecule has 2 atom stereocenters. The van der Waals surface area contributed by atoms with Crippen LogP contribution in [0.15, 0.2) is 24.3 Å². The van der Waals surface area contributed by atoms with Crippen molar-refractivity contribution in [1.82, 2.24) is 0 Å². The zero-order valence-corrected chi connectivity index (χ0v) is 20.2. The topological polar surface area (TPSA) is 40.5 Å². The molecule has 0 aromatic heterocycles. The number of aromatic hydroxyl groups is 2. The van der Waals surface area contributed by atoms with Crippen LogP contribution in [0.5, 0.6) is 11.5 Å². The van der Waals surface area contributed by atoms with Gasteiger partial charge in [-0.05, 0) is 89.2 Å². The smallest absolute Gasteiger partial charge is 0.122 e. The molecular formula is C28H40O2. The molecule has 30 heavy (non-hydrogen) atoms. The number of benzene rings is 2. The molecule has 0 aliphatic heterocycles. The van der Waals surface area contributed by atoms with Crippen molar-refractivity contribution in [3.8, 4) is 11.5 Å². The van der Waals surface area contributed by atoms with Crippen molar-refractivity contribution in [2.24, 2.45) is 0 Å². The maximum atomic E-state index is 10.6. The molecule has 2 nitrogen and oxygen atoms in total. The molecule has 2 aromatic carbocycles. The first-order valence-corrected chi connectivity index (χ1v) is 11.5. The van der Waals surface area contributed by atoms with Gasteiger partial charge in [0.15, 0.2) is 0 Å². The third kappa shape index (κ3) is 4.53. The lowest BCUT2D eigenvalue weighted by atomic mass is 9.72. The standard InChI is InChI=1S/C28H40O2/c1-17-12-21(15-23(25(17)29)27(3,4)5)19-10-9-11-20(14-19)22-13-18(2)26(30)24(16-22)28(6,7)8/h12-13,15-16,19-20,29-30H,9-11,14H2,1-8H3. The lowest BCUT2D eigenvalue weighted by molar-refractivity contribution is 0.389. The van der Waals surface area contributed by atoms with E-state index in [2.05, 4.69) is 65.8 Å². The molecule has 0 saturated heterocycles. The Morgan fingerprint density at radius 3 is 1.37 bits per heavy atom. The highest BCUT2D eigenvalue weighted by atomic mass is 16.3. The second-order valence-corrected chi connectivity index (χ2v) is 11.5. The van der Waals surface area contributed by atoms with E-state index in [0.717, 1.165) is 28.7 Å². The molecule has 2 aromatic rings. The van der Waals surface area contributed by atoms with Gasteiger partial charge in [-0.1, -0.05) is 72.2 Å². The van der Waals surface area contributed by atoms with E-state index in [4.69, 9.17) is 0 Å². The number of rotatable bonds is 2. The monoisotopic (exact) mass is 408 g/mol. The van der Waals surface area contributed by atoms with E-state index < -0.39 is 0 Å². The van der Waals surface area contributed by atoms with Gasteiger partial charge in [-0.15, -0.1) is 0 Å². The fourth-order valence-electron chi connectivity index (χ4n) is 5.03. The molecule has 3 rings (SSSR count). The summed E-state index contributed by atoms with van der Waals surface area (Å²) in [5.74, 6) is 1.91. The van der Waals surface area contributed by atoms with Crippen LogP contribution in [0.25, 0.3) is 0 Å². The second-order valence-electron chi connectivity index (χ2n) is 11.5. The van der Waals surface area contributed by atoms with Gasteiger partial charge < -0.3 is 10.2 Å². The molecule has 0 bridgehead atoms. The van der Waals surface area contributed by atoms with E-state index >= 15 is 0 Å². The number of phenolic OH excluding ortho intramolecular Hbond substituents is 2. The predicted octanol–water partition coefficient (Wildman–Crippen LogP) is 7.75. The van der Waals surface area contributed by atoms with Crippen molar-refractivity contribution in [2.45, 2.75) is 104 Å². The predicted molar refractivity (Wildman–Crippen MR) is 127 cm³/mol. The Morgan fingerprint density at radius 1 is 0.667 bits per heavy atom. The number of aryl methyl sites for hydroxylation is 2. The summed E-state index contributed by atoms with van der Waals surface area (Å²) in [6, 6.07) is 8.89. The van der Waals surface area contributed by atoms with E-state index in [9.17, 15) is 10.2 Å². The van der Waals surface area contributed by atoms with Crippen LogP contribution in [-0.2, 0) is 10.8 Å². The minimum Gasteiger partial charge on any atom is -0.507 e. The summed E-state index contributed by atoms with van der Waals surface area (Å²) in [7, 11) is 0. The third-order valence-electron chi connectivity index (χ3n) is 6.88. The highest BCUT2D eigenvalue weighted by Crippen LogP contribution is 2.45. The number of hydrogen-bond acceptors (Lipinski definition) is 2. The van der Waals surface area contributed by atoms with Gasteiger partial charge in [0.25, 0.3) is 0 Å². The van der Waals surface area contributed by atoms with Crippen LogP contribution in [0.1, 0.15) is 112 Å². The van der Waals surface area contributed by atoms with Crippen molar-refractivity contribution in [2.75, 3.05) is 0 Å². The molecule has 2 unspecified atom stereocenters. The molecule has 2 N–H and O–H groups in total. The Balaban J connectivity index is 1.96. The number of hydrogen-bond donors (Lipinski definition) is 2. The van der Waals surface area contributed by atoms with Crippen LogP contribution in [0, 0.1) is 13.8 Å². The summed E-state index contributed by atoms with van der Waals surface area (Å²) in [6.45, 7) is 17.1. The van der Waals surface area contributed by atoms with Gasteiger partial charge in [0, 0.05) is 0 Å². The van der Waals surface area contributed by atoms with Gasteiger partial charge in [-0.3, -0.25) is 0 Å². The zero-order valence-electron chi connectivity index (χ0n) is 20.2. The fraction of sp³-hybridized carbons (Fsp3) is 0.571. The minimum absolute atomic E-state index is 0.0748. The van der Waals surface area contributed by atoms with Crippen molar-refractivity contribution < 1.29 is 10.2 Å². The van der Waals surface area contributed by atoms with Gasteiger partial charge in [0.05, 0.1) is 0 Å². The molecule has 0 radical (unpaired) electrons.